The van der Waals surface area contributed by atoms with Gasteiger partial charge in [-0.2, -0.15) is 0 Å². The minimum atomic E-state index is -0.691. The Morgan fingerprint density at radius 3 is 2.87 bits per heavy atom. The Balaban J connectivity index is 2.08. The van der Waals surface area contributed by atoms with E-state index >= 15 is 0 Å². The molecule has 1 saturated carbocycles. The minimum absolute atomic E-state index is 0.241. The summed E-state index contributed by atoms with van der Waals surface area (Å²) in [5, 5.41) is 17.0. The number of hydrogen-bond donors (Lipinski definition) is 2. The summed E-state index contributed by atoms with van der Waals surface area (Å²) >= 11 is 0. The summed E-state index contributed by atoms with van der Waals surface area (Å²) in [6, 6.07) is 0.241. The molecule has 1 aromatic rings. The molecule has 1 aliphatic carbocycles. The third kappa shape index (κ3) is 2.35. The number of aliphatic hydroxyl groups excluding tert-OH is 1. The number of aromatic nitrogens is 2. The summed E-state index contributed by atoms with van der Waals surface area (Å²) < 4.78 is 5.41. The highest BCUT2D eigenvalue weighted by Crippen LogP contribution is 2.31. The van der Waals surface area contributed by atoms with E-state index in [1.807, 2.05) is 0 Å². The topological polar surface area (TPSA) is 85.2 Å². The molecule has 1 fully saturated rings. The maximum absolute atomic E-state index is 9.27. The fourth-order valence-electron chi connectivity index (χ4n) is 2.03. The number of nitrogens with two attached hydrogens (primary N) is 1. The van der Waals surface area contributed by atoms with E-state index in [1.165, 1.54) is 0 Å². The second-order valence-electron chi connectivity index (χ2n) is 4.28. The van der Waals surface area contributed by atoms with Gasteiger partial charge in [-0.3, -0.25) is 0 Å². The molecule has 2 rings (SSSR count). The van der Waals surface area contributed by atoms with Crippen molar-refractivity contribution in [2.24, 2.45) is 5.73 Å². The predicted octanol–water partition coefficient (Wildman–Crippen LogP) is 1.11. The van der Waals surface area contributed by atoms with E-state index in [0.717, 1.165) is 25.7 Å². The van der Waals surface area contributed by atoms with Gasteiger partial charge in [0.25, 0.3) is 0 Å². The van der Waals surface area contributed by atoms with Crippen molar-refractivity contribution < 1.29 is 9.52 Å². The second kappa shape index (κ2) is 4.28. The van der Waals surface area contributed by atoms with Crippen LogP contribution in [0.2, 0.25) is 0 Å². The highest BCUT2D eigenvalue weighted by Gasteiger charge is 2.25. The molecule has 0 amide bonds. The van der Waals surface area contributed by atoms with Gasteiger partial charge in [0.2, 0.25) is 11.8 Å². The van der Waals surface area contributed by atoms with Crippen LogP contribution < -0.4 is 5.73 Å². The Labute approximate surface area is 88.7 Å². The molecule has 1 aromatic heterocycles. The summed E-state index contributed by atoms with van der Waals surface area (Å²) in [6.45, 7) is 1.61. The van der Waals surface area contributed by atoms with Crippen LogP contribution in [0.15, 0.2) is 4.42 Å². The van der Waals surface area contributed by atoms with E-state index in [4.69, 9.17) is 10.2 Å². The predicted molar refractivity (Wildman–Crippen MR) is 54.1 cm³/mol. The van der Waals surface area contributed by atoms with Crippen molar-refractivity contribution in [3.05, 3.63) is 11.8 Å². The molecule has 1 aliphatic rings. The molecule has 0 saturated heterocycles. The number of aliphatic hydroxyl groups is 1. The van der Waals surface area contributed by atoms with Crippen LogP contribution in [-0.2, 0) is 0 Å². The molecule has 0 radical (unpaired) electrons. The maximum Gasteiger partial charge on any atom is 0.244 e. The molecule has 0 aromatic carbocycles. The molecule has 5 heteroatoms. The normalized spacial score (nSPS) is 29.0. The van der Waals surface area contributed by atoms with Crippen molar-refractivity contribution in [3.63, 3.8) is 0 Å². The quantitative estimate of drug-likeness (QED) is 0.765. The van der Waals surface area contributed by atoms with Gasteiger partial charge >= 0.3 is 0 Å². The van der Waals surface area contributed by atoms with E-state index in [2.05, 4.69) is 10.2 Å². The third-order valence-corrected chi connectivity index (χ3v) is 2.88. The van der Waals surface area contributed by atoms with Gasteiger partial charge in [-0.15, -0.1) is 10.2 Å². The molecule has 0 spiro atoms. The summed E-state index contributed by atoms with van der Waals surface area (Å²) in [5.74, 6) is 1.19. The maximum atomic E-state index is 9.27. The Bertz CT molecular complexity index is 324. The zero-order chi connectivity index (χ0) is 10.8. The van der Waals surface area contributed by atoms with E-state index in [9.17, 15) is 5.11 Å². The van der Waals surface area contributed by atoms with Gasteiger partial charge in [0.1, 0.15) is 6.10 Å². The van der Waals surface area contributed by atoms with Crippen LogP contribution in [0.1, 0.15) is 56.4 Å². The third-order valence-electron chi connectivity index (χ3n) is 2.88. The van der Waals surface area contributed by atoms with Crippen LogP contribution in [-0.4, -0.2) is 21.3 Å². The van der Waals surface area contributed by atoms with E-state index in [1.54, 1.807) is 6.92 Å². The largest absolute Gasteiger partial charge is 0.422 e. The Hall–Kier alpha value is -0.940. The Kier molecular flexibility index (Phi) is 3.02. The second-order valence-corrected chi connectivity index (χ2v) is 4.28. The van der Waals surface area contributed by atoms with Crippen molar-refractivity contribution in [1.29, 1.82) is 0 Å². The van der Waals surface area contributed by atoms with Gasteiger partial charge in [0.05, 0.1) is 0 Å². The van der Waals surface area contributed by atoms with Gasteiger partial charge in [-0.05, 0) is 26.2 Å². The first-order chi connectivity index (χ1) is 7.16. The average Bonchev–Trinajstić information content (AvgIpc) is 2.66. The Morgan fingerprint density at radius 1 is 1.47 bits per heavy atom. The monoisotopic (exact) mass is 211 g/mol. The summed E-state index contributed by atoms with van der Waals surface area (Å²) in [4.78, 5) is 0. The van der Waals surface area contributed by atoms with Crippen LogP contribution in [0.4, 0.5) is 0 Å². The fourth-order valence-corrected chi connectivity index (χ4v) is 2.03. The zero-order valence-electron chi connectivity index (χ0n) is 8.89. The van der Waals surface area contributed by atoms with Crippen molar-refractivity contribution >= 4 is 0 Å². The van der Waals surface area contributed by atoms with Gasteiger partial charge in [0.15, 0.2) is 0 Å². The Morgan fingerprint density at radius 2 is 2.27 bits per heavy atom. The van der Waals surface area contributed by atoms with Crippen LogP contribution >= 0.6 is 0 Å². The average molecular weight is 211 g/mol. The van der Waals surface area contributed by atoms with Gasteiger partial charge in [-0.25, -0.2) is 0 Å². The molecular weight excluding hydrogens is 194 g/mol. The van der Waals surface area contributed by atoms with Crippen molar-refractivity contribution in [2.45, 2.75) is 50.7 Å². The molecule has 0 bridgehead atoms. The smallest absolute Gasteiger partial charge is 0.244 e. The van der Waals surface area contributed by atoms with Crippen molar-refractivity contribution in [2.75, 3.05) is 0 Å². The molecule has 1 heterocycles. The lowest BCUT2D eigenvalue weighted by Crippen LogP contribution is -2.26. The number of hydrogen-bond acceptors (Lipinski definition) is 5. The molecule has 0 aliphatic heterocycles. The summed E-state index contributed by atoms with van der Waals surface area (Å²) in [7, 11) is 0. The van der Waals surface area contributed by atoms with Crippen LogP contribution in [0.3, 0.4) is 0 Å². The van der Waals surface area contributed by atoms with Crippen molar-refractivity contribution in [1.82, 2.24) is 10.2 Å². The highest BCUT2D eigenvalue weighted by molar-refractivity contribution is 4.96. The lowest BCUT2D eigenvalue weighted by Gasteiger charge is -2.23. The first-order valence-electron chi connectivity index (χ1n) is 5.43. The van der Waals surface area contributed by atoms with E-state index in [-0.39, 0.29) is 12.0 Å². The van der Waals surface area contributed by atoms with Crippen LogP contribution in [0, 0.1) is 0 Å². The molecule has 2 unspecified atom stereocenters. The molecule has 3 atom stereocenters. The first-order valence-corrected chi connectivity index (χ1v) is 5.43. The van der Waals surface area contributed by atoms with Gasteiger partial charge in [0, 0.05) is 12.0 Å². The number of rotatable bonds is 2. The SMILES string of the molecule is C[C@@H](O)c1nnc(C2CCCC(N)C2)o1. The van der Waals surface area contributed by atoms with E-state index in [0.29, 0.717) is 11.8 Å². The summed E-state index contributed by atoms with van der Waals surface area (Å²) in [5.41, 5.74) is 5.89. The standard InChI is InChI=1S/C10H17N3O2/c1-6(14)9-12-13-10(15-9)7-3-2-4-8(11)5-7/h6-8,14H,2-5,11H2,1H3/t6-,7?,8?/m1/s1. The molecule has 84 valence electrons. The van der Waals surface area contributed by atoms with Crippen LogP contribution in [0.25, 0.3) is 0 Å². The lowest BCUT2D eigenvalue weighted by atomic mass is 9.86. The van der Waals surface area contributed by atoms with Crippen molar-refractivity contribution in [3.8, 4) is 0 Å². The first kappa shape index (κ1) is 10.6. The molecule has 5 nitrogen and oxygen atoms in total. The fraction of sp³-hybridized carbons (Fsp3) is 0.800. The number of nitrogens with zero attached hydrogens (tertiary/aromatic N) is 2. The summed E-state index contributed by atoms with van der Waals surface area (Å²) in [6.07, 6.45) is 3.45. The van der Waals surface area contributed by atoms with Gasteiger partial charge < -0.3 is 15.3 Å². The molecule has 15 heavy (non-hydrogen) atoms. The molecule has 3 N–H and O–H groups in total. The zero-order valence-corrected chi connectivity index (χ0v) is 8.89. The van der Waals surface area contributed by atoms with E-state index < -0.39 is 6.10 Å². The van der Waals surface area contributed by atoms with Gasteiger partial charge in [-0.1, -0.05) is 6.42 Å². The van der Waals surface area contributed by atoms with Crippen LogP contribution in [0.5, 0.6) is 0 Å². The lowest BCUT2D eigenvalue weighted by molar-refractivity contribution is 0.158. The highest BCUT2D eigenvalue weighted by atomic mass is 16.4. The molecular formula is C10H17N3O2. The minimum Gasteiger partial charge on any atom is -0.422 e.